The second-order valence-corrected chi connectivity index (χ2v) is 6.23. The molecule has 1 fully saturated rings. The average Bonchev–Trinajstić information content (AvgIpc) is 2.54. The van der Waals surface area contributed by atoms with E-state index in [4.69, 9.17) is 10.5 Å². The molecular weight excluding hydrogens is 294 g/mol. The zero-order valence-corrected chi connectivity index (χ0v) is 13.4. The summed E-state index contributed by atoms with van der Waals surface area (Å²) in [5.41, 5.74) is 7.99. The van der Waals surface area contributed by atoms with Gasteiger partial charge in [0.1, 0.15) is 6.04 Å². The number of rotatable bonds is 3. The third-order valence-corrected chi connectivity index (χ3v) is 4.71. The van der Waals surface area contributed by atoms with E-state index in [1.54, 1.807) is 0 Å². The van der Waals surface area contributed by atoms with Crippen LogP contribution in [0.1, 0.15) is 18.1 Å². The normalized spacial score (nSPS) is 25.0. The first-order valence-electron chi connectivity index (χ1n) is 8.06. The molecule has 2 heterocycles. The molecule has 6 nitrogen and oxygen atoms in total. The predicted molar refractivity (Wildman–Crippen MR) is 85.5 cm³/mol. The molecule has 0 unspecified atom stereocenters. The Bertz CT molecular complexity index is 605. The molecule has 0 aliphatic carbocycles. The Balaban J connectivity index is 1.66. The summed E-state index contributed by atoms with van der Waals surface area (Å²) in [5, 5.41) is 0. The van der Waals surface area contributed by atoms with Crippen molar-refractivity contribution in [3.05, 3.63) is 35.4 Å². The van der Waals surface area contributed by atoms with Gasteiger partial charge in [0.15, 0.2) is 0 Å². The van der Waals surface area contributed by atoms with E-state index in [1.807, 2.05) is 28.9 Å². The Morgan fingerprint density at radius 2 is 2.00 bits per heavy atom. The van der Waals surface area contributed by atoms with Crippen LogP contribution in [0.2, 0.25) is 0 Å². The first kappa shape index (κ1) is 16.0. The average molecular weight is 317 g/mol. The maximum absolute atomic E-state index is 12.6. The number of carbonyl (C=O) groups excluding carboxylic acids is 2. The van der Waals surface area contributed by atoms with Gasteiger partial charge in [-0.15, -0.1) is 0 Å². The molecule has 23 heavy (non-hydrogen) atoms. The minimum atomic E-state index is -0.537. The number of primary amides is 1. The third kappa shape index (κ3) is 3.38. The number of nitrogens with two attached hydrogens (primary N) is 1. The van der Waals surface area contributed by atoms with Crippen LogP contribution in [-0.2, 0) is 27.3 Å². The van der Waals surface area contributed by atoms with Crippen molar-refractivity contribution in [1.29, 1.82) is 0 Å². The predicted octanol–water partition coefficient (Wildman–Crippen LogP) is 0.146. The fraction of sp³-hybridized carbons (Fsp3) is 0.529. The summed E-state index contributed by atoms with van der Waals surface area (Å²) in [4.78, 5) is 28.0. The summed E-state index contributed by atoms with van der Waals surface area (Å²) in [5.74, 6) is -0.395. The summed E-state index contributed by atoms with van der Waals surface area (Å²) in [6.45, 7) is 4.45. The molecule has 2 aliphatic rings. The van der Waals surface area contributed by atoms with E-state index in [2.05, 4.69) is 12.1 Å². The summed E-state index contributed by atoms with van der Waals surface area (Å²) in [7, 11) is 0. The van der Waals surface area contributed by atoms with E-state index in [0.717, 1.165) is 13.0 Å². The molecule has 2 aliphatic heterocycles. The molecule has 2 amide bonds. The summed E-state index contributed by atoms with van der Waals surface area (Å²) in [6.07, 6.45) is 0.594. The summed E-state index contributed by atoms with van der Waals surface area (Å²) >= 11 is 0. The van der Waals surface area contributed by atoms with Gasteiger partial charge < -0.3 is 15.4 Å². The van der Waals surface area contributed by atoms with Crippen LogP contribution in [0.15, 0.2) is 24.3 Å². The molecule has 2 N–H and O–H groups in total. The van der Waals surface area contributed by atoms with Gasteiger partial charge in [-0.05, 0) is 24.5 Å². The number of benzene rings is 1. The second kappa shape index (κ2) is 6.68. The van der Waals surface area contributed by atoms with Gasteiger partial charge >= 0.3 is 0 Å². The fourth-order valence-corrected chi connectivity index (χ4v) is 3.45. The van der Waals surface area contributed by atoms with Gasteiger partial charge in [-0.2, -0.15) is 0 Å². The zero-order valence-electron chi connectivity index (χ0n) is 13.4. The number of morpholine rings is 1. The third-order valence-electron chi connectivity index (χ3n) is 4.71. The molecular formula is C17H23N3O3. The Labute approximate surface area is 136 Å². The number of amides is 2. The Morgan fingerprint density at radius 1 is 1.26 bits per heavy atom. The van der Waals surface area contributed by atoms with Gasteiger partial charge in [-0.3, -0.25) is 14.5 Å². The van der Waals surface area contributed by atoms with E-state index in [-0.39, 0.29) is 18.6 Å². The maximum Gasteiger partial charge on any atom is 0.237 e. The topological polar surface area (TPSA) is 75.9 Å². The van der Waals surface area contributed by atoms with Crippen molar-refractivity contribution < 1.29 is 14.3 Å². The van der Waals surface area contributed by atoms with E-state index in [1.165, 1.54) is 11.1 Å². The van der Waals surface area contributed by atoms with E-state index in [0.29, 0.717) is 19.7 Å². The van der Waals surface area contributed by atoms with E-state index in [9.17, 15) is 9.59 Å². The van der Waals surface area contributed by atoms with Crippen LogP contribution < -0.4 is 5.73 Å². The van der Waals surface area contributed by atoms with Gasteiger partial charge in [0.25, 0.3) is 0 Å². The van der Waals surface area contributed by atoms with Crippen LogP contribution in [0.5, 0.6) is 0 Å². The lowest BCUT2D eigenvalue weighted by Crippen LogP contribution is -2.58. The van der Waals surface area contributed by atoms with Crippen molar-refractivity contribution in [3.63, 3.8) is 0 Å². The molecule has 2 atom stereocenters. The molecule has 3 rings (SSSR count). The van der Waals surface area contributed by atoms with Crippen molar-refractivity contribution >= 4 is 11.8 Å². The van der Waals surface area contributed by atoms with Gasteiger partial charge in [0.05, 0.1) is 19.3 Å². The smallest absolute Gasteiger partial charge is 0.237 e. The highest BCUT2D eigenvalue weighted by atomic mass is 16.5. The molecule has 6 heteroatoms. The van der Waals surface area contributed by atoms with Crippen LogP contribution in [-0.4, -0.2) is 60.0 Å². The second-order valence-electron chi connectivity index (χ2n) is 6.23. The SMILES string of the molecule is C[C@H]1OCCN(CC(=O)N2CCc3ccccc3C2)[C@@H]1C(N)=O. The molecule has 0 saturated carbocycles. The largest absolute Gasteiger partial charge is 0.375 e. The summed E-state index contributed by atoms with van der Waals surface area (Å²) < 4.78 is 5.49. The molecule has 0 bridgehead atoms. The van der Waals surface area contributed by atoms with Gasteiger partial charge in [0.2, 0.25) is 11.8 Å². The lowest BCUT2D eigenvalue weighted by molar-refractivity contribution is -0.143. The van der Waals surface area contributed by atoms with E-state index >= 15 is 0 Å². The Morgan fingerprint density at radius 3 is 2.74 bits per heavy atom. The quantitative estimate of drug-likeness (QED) is 0.861. The highest BCUT2D eigenvalue weighted by molar-refractivity contribution is 5.83. The number of ether oxygens (including phenoxy) is 1. The molecule has 1 aromatic carbocycles. The summed E-state index contributed by atoms with van der Waals surface area (Å²) in [6, 6.07) is 7.68. The lowest BCUT2D eigenvalue weighted by atomic mass is 10.00. The molecule has 1 aromatic rings. The molecule has 0 aromatic heterocycles. The lowest BCUT2D eigenvalue weighted by Gasteiger charge is -2.39. The van der Waals surface area contributed by atoms with Crippen molar-refractivity contribution in [3.8, 4) is 0 Å². The van der Waals surface area contributed by atoms with Crippen molar-refractivity contribution in [2.75, 3.05) is 26.2 Å². The van der Waals surface area contributed by atoms with Crippen molar-refractivity contribution in [2.24, 2.45) is 5.73 Å². The standard InChI is InChI=1S/C17H23N3O3/c1-12-16(17(18)22)20(8-9-23-12)11-15(21)19-7-6-13-4-2-3-5-14(13)10-19/h2-5,12,16H,6-11H2,1H3,(H2,18,22)/t12-,16+/m1/s1. The zero-order chi connectivity index (χ0) is 16.4. The highest BCUT2D eigenvalue weighted by Crippen LogP contribution is 2.20. The molecule has 1 saturated heterocycles. The fourth-order valence-electron chi connectivity index (χ4n) is 3.45. The minimum absolute atomic E-state index is 0.0415. The van der Waals surface area contributed by atoms with Crippen LogP contribution in [0, 0.1) is 0 Å². The minimum Gasteiger partial charge on any atom is -0.375 e. The molecule has 124 valence electrons. The van der Waals surface area contributed by atoms with Crippen molar-refractivity contribution in [2.45, 2.75) is 32.0 Å². The Kier molecular flexibility index (Phi) is 4.63. The van der Waals surface area contributed by atoms with Crippen LogP contribution >= 0.6 is 0 Å². The van der Waals surface area contributed by atoms with Crippen molar-refractivity contribution in [1.82, 2.24) is 9.80 Å². The van der Waals surface area contributed by atoms with Crippen LogP contribution in [0.4, 0.5) is 0 Å². The first-order chi connectivity index (χ1) is 11.1. The first-order valence-corrected chi connectivity index (χ1v) is 8.06. The monoisotopic (exact) mass is 317 g/mol. The number of nitrogens with zero attached hydrogens (tertiary/aromatic N) is 2. The molecule has 0 spiro atoms. The number of hydrogen-bond acceptors (Lipinski definition) is 4. The van der Waals surface area contributed by atoms with Crippen LogP contribution in [0.3, 0.4) is 0 Å². The van der Waals surface area contributed by atoms with Gasteiger partial charge in [-0.1, -0.05) is 24.3 Å². The highest BCUT2D eigenvalue weighted by Gasteiger charge is 2.35. The van der Waals surface area contributed by atoms with Gasteiger partial charge in [-0.25, -0.2) is 0 Å². The van der Waals surface area contributed by atoms with E-state index < -0.39 is 11.9 Å². The van der Waals surface area contributed by atoms with Crippen LogP contribution in [0.25, 0.3) is 0 Å². The number of hydrogen-bond donors (Lipinski definition) is 1. The Hall–Kier alpha value is -1.92. The maximum atomic E-state index is 12.6. The molecule has 0 radical (unpaired) electrons. The van der Waals surface area contributed by atoms with Gasteiger partial charge in [0, 0.05) is 19.6 Å². The number of carbonyl (C=O) groups is 2. The number of fused-ring (bicyclic) bond motifs is 1.